The fraction of sp³-hybridized carbons (Fsp3) is 0.500. The van der Waals surface area contributed by atoms with Crippen LogP contribution in [-0.4, -0.2) is 22.6 Å². The van der Waals surface area contributed by atoms with Crippen molar-refractivity contribution in [1.82, 2.24) is 9.47 Å². The average Bonchev–Trinajstić information content (AvgIpc) is 2.85. The maximum absolute atomic E-state index is 2.65. The second-order valence-electron chi connectivity index (χ2n) is 5.27. The highest BCUT2D eigenvalue weighted by atomic mass is 15.3. The molecule has 0 saturated carbocycles. The first kappa shape index (κ1) is 11.8. The van der Waals surface area contributed by atoms with Gasteiger partial charge in [0.15, 0.2) is 0 Å². The molecule has 1 unspecified atom stereocenters. The lowest BCUT2D eigenvalue weighted by Gasteiger charge is -2.35. The molecular formula is C16H22N2. The van der Waals surface area contributed by atoms with Crippen LogP contribution in [-0.2, 0) is 0 Å². The maximum atomic E-state index is 2.65. The van der Waals surface area contributed by atoms with E-state index in [0.29, 0.717) is 6.17 Å². The van der Waals surface area contributed by atoms with Crippen molar-refractivity contribution in [3.8, 4) is 0 Å². The van der Waals surface area contributed by atoms with Gasteiger partial charge in [-0.1, -0.05) is 31.5 Å². The third-order valence-corrected chi connectivity index (χ3v) is 4.13. The summed E-state index contributed by atoms with van der Waals surface area (Å²) >= 11 is 0. The molecule has 18 heavy (non-hydrogen) atoms. The van der Waals surface area contributed by atoms with E-state index in [1.165, 1.54) is 49.7 Å². The number of benzene rings is 1. The Balaban J connectivity index is 1.95. The summed E-state index contributed by atoms with van der Waals surface area (Å²) in [6.07, 6.45) is 8.09. The highest BCUT2D eigenvalue weighted by Gasteiger charge is 2.21. The lowest BCUT2D eigenvalue weighted by Crippen LogP contribution is -2.36. The molecule has 2 heteroatoms. The third kappa shape index (κ3) is 2.05. The van der Waals surface area contributed by atoms with Gasteiger partial charge in [-0.2, -0.15) is 0 Å². The van der Waals surface area contributed by atoms with Crippen molar-refractivity contribution < 1.29 is 0 Å². The average molecular weight is 242 g/mol. The van der Waals surface area contributed by atoms with E-state index in [0.717, 1.165) is 0 Å². The van der Waals surface area contributed by atoms with E-state index in [4.69, 9.17) is 0 Å². The van der Waals surface area contributed by atoms with Gasteiger partial charge in [0.2, 0.25) is 0 Å². The molecule has 0 N–H and O–H groups in total. The topological polar surface area (TPSA) is 8.17 Å². The van der Waals surface area contributed by atoms with Crippen LogP contribution in [0, 0.1) is 0 Å². The molecular weight excluding hydrogens is 220 g/mol. The van der Waals surface area contributed by atoms with E-state index < -0.39 is 0 Å². The molecule has 0 bridgehead atoms. The number of aromatic nitrogens is 1. The van der Waals surface area contributed by atoms with Crippen molar-refractivity contribution in [1.29, 1.82) is 0 Å². The molecule has 2 nitrogen and oxygen atoms in total. The van der Waals surface area contributed by atoms with Crippen LogP contribution < -0.4 is 0 Å². The summed E-state index contributed by atoms with van der Waals surface area (Å²) in [5, 5.41) is 1.35. The smallest absolute Gasteiger partial charge is 0.0861 e. The van der Waals surface area contributed by atoms with E-state index in [2.05, 4.69) is 52.9 Å². The standard InChI is InChI=1S/C16H22N2/c1-2-16(17-11-6-3-7-12-17)18-13-10-14-8-4-5-9-15(14)18/h4-5,8-10,13,16H,2-3,6-7,11-12H2,1H3. The first-order chi connectivity index (χ1) is 8.90. The Morgan fingerprint density at radius 3 is 2.61 bits per heavy atom. The van der Waals surface area contributed by atoms with Crippen LogP contribution >= 0.6 is 0 Å². The van der Waals surface area contributed by atoms with Crippen molar-refractivity contribution >= 4 is 10.9 Å². The number of likely N-dealkylation sites (tertiary alicyclic amines) is 1. The molecule has 0 amide bonds. The van der Waals surface area contributed by atoms with Gasteiger partial charge in [0, 0.05) is 24.8 Å². The highest BCUT2D eigenvalue weighted by molar-refractivity contribution is 5.80. The van der Waals surface area contributed by atoms with Crippen LogP contribution in [0.4, 0.5) is 0 Å². The summed E-state index contributed by atoms with van der Waals surface area (Å²) in [7, 11) is 0. The molecule has 0 aliphatic carbocycles. The summed E-state index contributed by atoms with van der Waals surface area (Å²) in [6, 6.07) is 10.9. The number of piperidine rings is 1. The number of hydrogen-bond donors (Lipinski definition) is 0. The van der Waals surface area contributed by atoms with Crippen LogP contribution in [0.15, 0.2) is 36.5 Å². The number of nitrogens with zero attached hydrogens (tertiary/aromatic N) is 2. The molecule has 3 rings (SSSR count). The van der Waals surface area contributed by atoms with E-state index >= 15 is 0 Å². The lowest BCUT2D eigenvalue weighted by atomic mass is 10.1. The Hall–Kier alpha value is -1.28. The zero-order valence-corrected chi connectivity index (χ0v) is 11.2. The minimum Gasteiger partial charge on any atom is -0.331 e. The molecule has 2 heterocycles. The Morgan fingerprint density at radius 1 is 1.06 bits per heavy atom. The molecule has 2 aromatic rings. The normalized spacial score (nSPS) is 19.2. The van der Waals surface area contributed by atoms with Crippen molar-refractivity contribution in [3.05, 3.63) is 36.5 Å². The first-order valence-corrected chi connectivity index (χ1v) is 7.20. The minimum absolute atomic E-state index is 0.533. The molecule has 1 aliphatic heterocycles. The van der Waals surface area contributed by atoms with E-state index in [1.807, 2.05) is 0 Å². The lowest BCUT2D eigenvalue weighted by molar-refractivity contribution is 0.113. The van der Waals surface area contributed by atoms with Gasteiger partial charge < -0.3 is 4.57 Å². The second-order valence-corrected chi connectivity index (χ2v) is 5.27. The van der Waals surface area contributed by atoms with Gasteiger partial charge in [0.05, 0.1) is 6.17 Å². The summed E-state index contributed by atoms with van der Waals surface area (Å²) in [5.41, 5.74) is 1.37. The maximum Gasteiger partial charge on any atom is 0.0861 e. The number of para-hydroxylation sites is 1. The fourth-order valence-electron chi connectivity index (χ4n) is 3.21. The van der Waals surface area contributed by atoms with Gasteiger partial charge in [-0.3, -0.25) is 4.90 Å². The van der Waals surface area contributed by atoms with Crippen LogP contribution in [0.5, 0.6) is 0 Å². The Bertz CT molecular complexity index is 509. The van der Waals surface area contributed by atoms with Crippen LogP contribution in [0.3, 0.4) is 0 Å². The molecule has 96 valence electrons. The Morgan fingerprint density at radius 2 is 1.83 bits per heavy atom. The quantitative estimate of drug-likeness (QED) is 0.788. The number of rotatable bonds is 3. The Kier molecular flexibility index (Phi) is 3.37. The van der Waals surface area contributed by atoms with Gasteiger partial charge in [0.1, 0.15) is 0 Å². The summed E-state index contributed by atoms with van der Waals surface area (Å²) < 4.78 is 2.46. The van der Waals surface area contributed by atoms with Crippen molar-refractivity contribution in [2.24, 2.45) is 0 Å². The molecule has 1 saturated heterocycles. The van der Waals surface area contributed by atoms with E-state index in [1.54, 1.807) is 0 Å². The zero-order chi connectivity index (χ0) is 12.4. The number of hydrogen-bond acceptors (Lipinski definition) is 1. The zero-order valence-electron chi connectivity index (χ0n) is 11.2. The van der Waals surface area contributed by atoms with Crippen LogP contribution in [0.2, 0.25) is 0 Å². The van der Waals surface area contributed by atoms with Crippen molar-refractivity contribution in [2.45, 2.75) is 38.8 Å². The second kappa shape index (κ2) is 5.15. The monoisotopic (exact) mass is 242 g/mol. The molecule has 1 aliphatic rings. The van der Waals surface area contributed by atoms with Gasteiger partial charge in [-0.05, 0) is 36.8 Å². The third-order valence-electron chi connectivity index (χ3n) is 4.13. The van der Waals surface area contributed by atoms with Gasteiger partial charge >= 0.3 is 0 Å². The van der Waals surface area contributed by atoms with Crippen molar-refractivity contribution in [3.63, 3.8) is 0 Å². The molecule has 1 fully saturated rings. The van der Waals surface area contributed by atoms with Gasteiger partial charge in [0.25, 0.3) is 0 Å². The summed E-state index contributed by atoms with van der Waals surface area (Å²) in [5.74, 6) is 0. The first-order valence-electron chi connectivity index (χ1n) is 7.20. The predicted molar refractivity (Wildman–Crippen MR) is 76.7 cm³/mol. The molecule has 1 aromatic carbocycles. The largest absolute Gasteiger partial charge is 0.331 e. The highest BCUT2D eigenvalue weighted by Crippen LogP contribution is 2.27. The van der Waals surface area contributed by atoms with Gasteiger partial charge in [-0.25, -0.2) is 0 Å². The summed E-state index contributed by atoms with van der Waals surface area (Å²) in [4.78, 5) is 2.65. The summed E-state index contributed by atoms with van der Waals surface area (Å²) in [6.45, 7) is 4.81. The molecule has 0 radical (unpaired) electrons. The fourth-order valence-corrected chi connectivity index (χ4v) is 3.21. The van der Waals surface area contributed by atoms with E-state index in [-0.39, 0.29) is 0 Å². The molecule has 0 spiro atoms. The molecule has 1 atom stereocenters. The minimum atomic E-state index is 0.533. The van der Waals surface area contributed by atoms with E-state index in [9.17, 15) is 0 Å². The van der Waals surface area contributed by atoms with Crippen LogP contribution in [0.1, 0.15) is 38.8 Å². The molecule has 1 aromatic heterocycles. The van der Waals surface area contributed by atoms with Gasteiger partial charge in [-0.15, -0.1) is 0 Å². The predicted octanol–water partition coefficient (Wildman–Crippen LogP) is 4.04. The Labute approximate surface area is 109 Å². The number of fused-ring (bicyclic) bond motifs is 1. The SMILES string of the molecule is CCC(N1CCCCC1)n1ccc2ccccc21. The van der Waals surface area contributed by atoms with Crippen molar-refractivity contribution in [2.75, 3.05) is 13.1 Å². The van der Waals surface area contributed by atoms with Crippen LogP contribution in [0.25, 0.3) is 10.9 Å².